The first-order valence-electron chi connectivity index (χ1n) is 6.75. The van der Waals surface area contributed by atoms with Crippen molar-refractivity contribution in [1.82, 2.24) is 10.2 Å². The molecule has 0 fully saturated rings. The third-order valence-corrected chi connectivity index (χ3v) is 3.02. The van der Waals surface area contributed by atoms with Crippen LogP contribution in [0, 0.1) is 0 Å². The van der Waals surface area contributed by atoms with Gasteiger partial charge in [-0.2, -0.15) is 0 Å². The molecule has 0 bridgehead atoms. The number of furan rings is 2. The zero-order chi connectivity index (χ0) is 13.5. The van der Waals surface area contributed by atoms with E-state index in [4.69, 9.17) is 8.83 Å². The van der Waals surface area contributed by atoms with Crippen molar-refractivity contribution in [2.45, 2.75) is 33.0 Å². The predicted molar refractivity (Wildman–Crippen MR) is 74.6 cm³/mol. The molecule has 4 heteroatoms. The third kappa shape index (κ3) is 4.26. The van der Waals surface area contributed by atoms with E-state index in [0.29, 0.717) is 0 Å². The van der Waals surface area contributed by atoms with E-state index in [-0.39, 0.29) is 0 Å². The maximum Gasteiger partial charge on any atom is 0.122 e. The minimum absolute atomic E-state index is 0.801. The highest BCUT2D eigenvalue weighted by molar-refractivity contribution is 5.17. The fourth-order valence-corrected chi connectivity index (χ4v) is 2.08. The highest BCUT2D eigenvalue weighted by Gasteiger charge is 2.09. The Morgan fingerprint density at radius 3 is 2.84 bits per heavy atom. The van der Waals surface area contributed by atoms with Crippen LogP contribution in [0.4, 0.5) is 0 Å². The average Bonchev–Trinajstić information content (AvgIpc) is 3.02. The average molecular weight is 262 g/mol. The van der Waals surface area contributed by atoms with Gasteiger partial charge in [0.25, 0.3) is 0 Å². The molecule has 0 amide bonds. The van der Waals surface area contributed by atoms with E-state index in [0.717, 1.165) is 38.4 Å². The standard InChI is InChI=1S/C15H22N2O2/c1-3-6-16-9-15-14(5-8-19-15)11-17(2)10-13-4-7-18-12-13/h4-5,7-8,12,16H,3,6,9-11H2,1-2H3. The Labute approximate surface area is 114 Å². The Morgan fingerprint density at radius 2 is 2.11 bits per heavy atom. The second kappa shape index (κ2) is 7.16. The summed E-state index contributed by atoms with van der Waals surface area (Å²) < 4.78 is 10.6. The monoisotopic (exact) mass is 262 g/mol. The van der Waals surface area contributed by atoms with Crippen molar-refractivity contribution in [3.05, 3.63) is 47.8 Å². The van der Waals surface area contributed by atoms with Crippen LogP contribution in [0.5, 0.6) is 0 Å². The molecule has 2 aromatic rings. The second-order valence-electron chi connectivity index (χ2n) is 4.85. The van der Waals surface area contributed by atoms with Crippen LogP contribution in [0.1, 0.15) is 30.2 Å². The molecule has 0 aliphatic carbocycles. The van der Waals surface area contributed by atoms with E-state index in [1.165, 1.54) is 11.1 Å². The van der Waals surface area contributed by atoms with Gasteiger partial charge in [-0.05, 0) is 32.1 Å². The SMILES string of the molecule is CCCNCc1occc1CN(C)Cc1ccoc1. The molecule has 0 saturated carbocycles. The van der Waals surface area contributed by atoms with Crippen LogP contribution in [0.2, 0.25) is 0 Å². The van der Waals surface area contributed by atoms with E-state index < -0.39 is 0 Å². The number of hydrogen-bond acceptors (Lipinski definition) is 4. The first-order valence-corrected chi connectivity index (χ1v) is 6.75. The highest BCUT2D eigenvalue weighted by atomic mass is 16.3. The topological polar surface area (TPSA) is 41.6 Å². The summed E-state index contributed by atoms with van der Waals surface area (Å²) in [6.07, 6.45) is 6.40. The van der Waals surface area contributed by atoms with Crippen molar-refractivity contribution >= 4 is 0 Å². The van der Waals surface area contributed by atoms with Crippen molar-refractivity contribution in [1.29, 1.82) is 0 Å². The van der Waals surface area contributed by atoms with Gasteiger partial charge in [0.2, 0.25) is 0 Å². The summed E-state index contributed by atoms with van der Waals surface area (Å²) >= 11 is 0. The zero-order valence-corrected chi connectivity index (χ0v) is 11.7. The highest BCUT2D eigenvalue weighted by Crippen LogP contribution is 2.14. The molecule has 0 atom stereocenters. The van der Waals surface area contributed by atoms with E-state index >= 15 is 0 Å². The van der Waals surface area contributed by atoms with E-state index in [1.54, 1.807) is 18.8 Å². The Morgan fingerprint density at radius 1 is 1.21 bits per heavy atom. The molecule has 1 N–H and O–H groups in total. The van der Waals surface area contributed by atoms with Gasteiger partial charge < -0.3 is 14.2 Å². The first kappa shape index (κ1) is 13.9. The summed E-state index contributed by atoms with van der Waals surface area (Å²) in [5, 5.41) is 3.37. The molecule has 0 radical (unpaired) electrons. The first-order chi connectivity index (χ1) is 9.29. The third-order valence-electron chi connectivity index (χ3n) is 3.02. The quantitative estimate of drug-likeness (QED) is 0.743. The van der Waals surface area contributed by atoms with E-state index in [9.17, 15) is 0 Å². The Bertz CT molecular complexity index is 462. The Hall–Kier alpha value is -1.52. The molecule has 4 nitrogen and oxygen atoms in total. The molecule has 104 valence electrons. The number of nitrogens with one attached hydrogen (secondary N) is 1. The summed E-state index contributed by atoms with van der Waals surface area (Å²) in [5.41, 5.74) is 2.44. The molecule has 2 rings (SSSR count). The van der Waals surface area contributed by atoms with Crippen LogP contribution in [0.25, 0.3) is 0 Å². The van der Waals surface area contributed by atoms with Crippen LogP contribution >= 0.6 is 0 Å². The van der Waals surface area contributed by atoms with Gasteiger partial charge in [-0.1, -0.05) is 6.92 Å². The number of rotatable bonds is 8. The predicted octanol–water partition coefficient (Wildman–Crippen LogP) is 3.00. The second-order valence-corrected chi connectivity index (χ2v) is 4.85. The lowest BCUT2D eigenvalue weighted by Crippen LogP contribution is -2.19. The molecule has 2 heterocycles. The molecular formula is C15H22N2O2. The van der Waals surface area contributed by atoms with Crippen molar-refractivity contribution in [2.75, 3.05) is 13.6 Å². The molecule has 0 aliphatic rings. The molecule has 19 heavy (non-hydrogen) atoms. The molecule has 0 saturated heterocycles. The van der Waals surface area contributed by atoms with Crippen LogP contribution in [0.15, 0.2) is 39.8 Å². The van der Waals surface area contributed by atoms with Gasteiger partial charge >= 0.3 is 0 Å². The van der Waals surface area contributed by atoms with Crippen LogP contribution in [0.3, 0.4) is 0 Å². The number of hydrogen-bond donors (Lipinski definition) is 1. The number of nitrogens with zero attached hydrogens (tertiary/aromatic N) is 1. The van der Waals surface area contributed by atoms with Crippen LogP contribution in [-0.4, -0.2) is 18.5 Å². The van der Waals surface area contributed by atoms with E-state index in [1.807, 2.05) is 6.07 Å². The normalized spacial score (nSPS) is 11.3. The molecule has 2 aromatic heterocycles. The van der Waals surface area contributed by atoms with Crippen LogP contribution in [-0.2, 0) is 19.6 Å². The molecule has 0 unspecified atom stereocenters. The minimum Gasteiger partial charge on any atom is -0.472 e. The van der Waals surface area contributed by atoms with Gasteiger partial charge in [0.15, 0.2) is 0 Å². The maximum absolute atomic E-state index is 5.54. The molecule has 0 aromatic carbocycles. The lowest BCUT2D eigenvalue weighted by Gasteiger charge is -2.15. The molecule has 0 aliphatic heterocycles. The minimum atomic E-state index is 0.801. The summed E-state index contributed by atoms with van der Waals surface area (Å²) in [5.74, 6) is 1.03. The fraction of sp³-hybridized carbons (Fsp3) is 0.467. The zero-order valence-electron chi connectivity index (χ0n) is 11.7. The van der Waals surface area contributed by atoms with Crippen molar-refractivity contribution in [3.63, 3.8) is 0 Å². The smallest absolute Gasteiger partial charge is 0.122 e. The van der Waals surface area contributed by atoms with Crippen molar-refractivity contribution < 1.29 is 8.83 Å². The van der Waals surface area contributed by atoms with Crippen molar-refractivity contribution in [3.8, 4) is 0 Å². The summed E-state index contributed by atoms with van der Waals surface area (Å²) in [6.45, 7) is 5.74. The summed E-state index contributed by atoms with van der Waals surface area (Å²) in [4.78, 5) is 2.25. The molecule has 0 spiro atoms. The van der Waals surface area contributed by atoms with Gasteiger partial charge in [-0.15, -0.1) is 0 Å². The largest absolute Gasteiger partial charge is 0.472 e. The van der Waals surface area contributed by atoms with Crippen LogP contribution < -0.4 is 5.32 Å². The summed E-state index contributed by atoms with van der Waals surface area (Å²) in [7, 11) is 2.10. The lowest BCUT2D eigenvalue weighted by atomic mass is 10.2. The summed E-state index contributed by atoms with van der Waals surface area (Å²) in [6, 6.07) is 4.05. The Kier molecular flexibility index (Phi) is 5.24. The van der Waals surface area contributed by atoms with E-state index in [2.05, 4.69) is 30.3 Å². The van der Waals surface area contributed by atoms with Crippen molar-refractivity contribution in [2.24, 2.45) is 0 Å². The van der Waals surface area contributed by atoms with Gasteiger partial charge in [-0.25, -0.2) is 0 Å². The molecular weight excluding hydrogens is 240 g/mol. The Balaban J connectivity index is 1.86. The van der Waals surface area contributed by atoms with Gasteiger partial charge in [0.1, 0.15) is 5.76 Å². The van der Waals surface area contributed by atoms with Gasteiger partial charge in [0, 0.05) is 24.2 Å². The van der Waals surface area contributed by atoms with Gasteiger partial charge in [0.05, 0.1) is 25.3 Å². The maximum atomic E-state index is 5.54. The lowest BCUT2D eigenvalue weighted by molar-refractivity contribution is 0.313. The fourth-order valence-electron chi connectivity index (χ4n) is 2.08. The van der Waals surface area contributed by atoms with Gasteiger partial charge in [-0.3, -0.25) is 4.90 Å².